The lowest BCUT2D eigenvalue weighted by atomic mass is 9.68. The molecule has 0 aliphatic rings. The number of aromatic nitrogens is 2. The first-order chi connectivity index (χ1) is 17.0. The van der Waals surface area contributed by atoms with Gasteiger partial charge in [-0.05, 0) is 32.4 Å². The number of hydrogen-bond acceptors (Lipinski definition) is 7. The highest BCUT2D eigenvalue weighted by molar-refractivity contribution is 6.32. The van der Waals surface area contributed by atoms with Gasteiger partial charge in [-0.1, -0.05) is 57.4 Å². The van der Waals surface area contributed by atoms with E-state index in [1.807, 2.05) is 84.9 Å². The molecule has 0 fully saturated rings. The zero-order valence-electron chi connectivity index (χ0n) is 23.0. The number of ether oxygens (including phenoxy) is 3. The average molecular weight is 491 g/mol. The van der Waals surface area contributed by atoms with Crippen molar-refractivity contribution in [3.63, 3.8) is 0 Å². The van der Waals surface area contributed by atoms with Crippen LogP contribution in [0.2, 0.25) is 0 Å². The summed E-state index contributed by atoms with van der Waals surface area (Å²) in [6.45, 7) is 14.3. The van der Waals surface area contributed by atoms with E-state index in [0.717, 1.165) is 16.5 Å². The van der Waals surface area contributed by atoms with Crippen LogP contribution in [0.3, 0.4) is 0 Å². The maximum atomic E-state index is 12.3. The Bertz CT molecular complexity index is 1190. The summed E-state index contributed by atoms with van der Waals surface area (Å²) in [5.74, 6) is 2.14. The zero-order valence-corrected chi connectivity index (χ0v) is 23.0. The molecular weight excluding hydrogens is 453 g/mol. The number of esters is 1. The van der Waals surface area contributed by atoms with Crippen molar-refractivity contribution >= 4 is 36.0 Å². The van der Waals surface area contributed by atoms with Crippen LogP contribution in [0.1, 0.15) is 52.9 Å². The van der Waals surface area contributed by atoms with Gasteiger partial charge in [0.25, 0.3) is 0 Å². The Kier molecular flexibility index (Phi) is 9.73. The fourth-order valence-electron chi connectivity index (χ4n) is 3.52. The van der Waals surface area contributed by atoms with Gasteiger partial charge in [-0.2, -0.15) is 0 Å². The first-order valence-electron chi connectivity index (χ1n) is 12.1. The third kappa shape index (κ3) is 6.48. The second kappa shape index (κ2) is 12.1. The first kappa shape index (κ1) is 28.9. The molecule has 0 spiro atoms. The van der Waals surface area contributed by atoms with Crippen LogP contribution in [0.4, 0.5) is 5.82 Å². The molecule has 0 saturated carbocycles. The van der Waals surface area contributed by atoms with Crippen LogP contribution < -0.4 is 20.3 Å². The predicted molar refractivity (Wildman–Crippen MR) is 146 cm³/mol. The van der Waals surface area contributed by atoms with Crippen molar-refractivity contribution in [1.82, 2.24) is 9.97 Å². The van der Waals surface area contributed by atoms with E-state index >= 15 is 0 Å². The number of carbonyl (C=O) groups is 1. The van der Waals surface area contributed by atoms with Gasteiger partial charge >= 0.3 is 5.97 Å². The van der Waals surface area contributed by atoms with Gasteiger partial charge < -0.3 is 19.5 Å². The number of methoxy groups -OCH3 is 2. The number of carbonyl (C=O) groups excluding carboxylic acids is 1. The van der Waals surface area contributed by atoms with Crippen molar-refractivity contribution in [2.24, 2.45) is 10.8 Å². The Morgan fingerprint density at radius 1 is 1.03 bits per heavy atom. The normalized spacial score (nSPS) is 11.4. The number of aryl methyl sites for hydroxylation is 1. The first-order valence-corrected chi connectivity index (χ1v) is 12.1. The Balaban J connectivity index is 0.00000222. The quantitative estimate of drug-likeness (QED) is 0.334. The highest BCUT2D eigenvalue weighted by atomic mass is 16.5. The van der Waals surface area contributed by atoms with E-state index in [9.17, 15) is 4.79 Å². The lowest BCUT2D eigenvalue weighted by molar-refractivity contribution is -0.159. The minimum Gasteiger partial charge on any atom is -0.493 e. The highest BCUT2D eigenvalue weighted by Gasteiger charge is 2.45. The Morgan fingerprint density at radius 3 is 2.33 bits per heavy atom. The molecule has 0 aliphatic carbocycles. The van der Waals surface area contributed by atoms with Crippen molar-refractivity contribution in [1.29, 1.82) is 0 Å². The fourth-order valence-corrected chi connectivity index (χ4v) is 3.52. The summed E-state index contributed by atoms with van der Waals surface area (Å²) < 4.78 is 16.8. The number of hydrogen-bond donors (Lipinski definition) is 1. The summed E-state index contributed by atoms with van der Waals surface area (Å²) in [5, 5.41) is 4.20. The number of fused-ring (bicyclic) bond motifs is 1. The van der Waals surface area contributed by atoms with E-state index in [1.54, 1.807) is 7.11 Å². The molecular formula is C28H38BN3O4. The minimum absolute atomic E-state index is 0.279. The summed E-state index contributed by atoms with van der Waals surface area (Å²) in [5.41, 5.74) is 1.23. The van der Waals surface area contributed by atoms with Crippen molar-refractivity contribution in [3.05, 3.63) is 47.8 Å². The minimum atomic E-state index is -0.748. The van der Waals surface area contributed by atoms with Crippen molar-refractivity contribution in [2.75, 3.05) is 26.1 Å². The molecule has 0 amide bonds. The van der Waals surface area contributed by atoms with E-state index in [-0.39, 0.29) is 12.6 Å². The van der Waals surface area contributed by atoms with Gasteiger partial charge in [0.05, 0.1) is 31.8 Å². The fraction of sp³-hybridized carbons (Fsp3) is 0.464. The van der Waals surface area contributed by atoms with Crippen LogP contribution in [0.25, 0.3) is 10.9 Å². The summed E-state index contributed by atoms with van der Waals surface area (Å²) >= 11 is 0. The van der Waals surface area contributed by atoms with Crippen LogP contribution >= 0.6 is 0 Å². The average Bonchev–Trinajstić information content (AvgIpc) is 2.86. The molecule has 2 aromatic carbocycles. The molecule has 3 rings (SSSR count). The standard InChI is InChI=1S/C26H32BN3O4.C2H6/c1-16-29-20-13-22(34-15-25(2,3)26(4,5)24(31)33-7)21(32-6)12-19(20)23(30-16)28-14-17-9-8-10-18(27)11-17;1-2/h8-13H,14-15H2,1-7H3,(H,28,29,30);1-2H3. The maximum absolute atomic E-state index is 12.3. The summed E-state index contributed by atoms with van der Waals surface area (Å²) in [6.07, 6.45) is 0. The van der Waals surface area contributed by atoms with Gasteiger partial charge in [0.1, 0.15) is 19.5 Å². The molecule has 7 nitrogen and oxygen atoms in total. The number of nitrogens with one attached hydrogen (secondary N) is 1. The number of anilines is 1. The third-order valence-corrected chi connectivity index (χ3v) is 6.48. The molecule has 2 radical (unpaired) electrons. The molecule has 192 valence electrons. The van der Waals surface area contributed by atoms with Crippen LogP contribution in [0.5, 0.6) is 11.5 Å². The van der Waals surface area contributed by atoms with Crippen molar-refractivity contribution < 1.29 is 19.0 Å². The molecule has 1 heterocycles. The molecule has 0 saturated heterocycles. The largest absolute Gasteiger partial charge is 0.493 e. The molecule has 0 atom stereocenters. The third-order valence-electron chi connectivity index (χ3n) is 6.48. The van der Waals surface area contributed by atoms with Crippen molar-refractivity contribution in [3.8, 4) is 11.5 Å². The van der Waals surface area contributed by atoms with Gasteiger partial charge in [0.2, 0.25) is 0 Å². The topological polar surface area (TPSA) is 82.6 Å². The monoisotopic (exact) mass is 491 g/mol. The lowest BCUT2D eigenvalue weighted by Crippen LogP contribution is -2.44. The molecule has 0 bridgehead atoms. The molecule has 8 heteroatoms. The van der Waals surface area contributed by atoms with Crippen LogP contribution in [0.15, 0.2) is 36.4 Å². The van der Waals surface area contributed by atoms with Crippen LogP contribution in [-0.2, 0) is 16.1 Å². The molecule has 3 aromatic rings. The zero-order chi connectivity index (χ0) is 27.1. The second-order valence-electron chi connectivity index (χ2n) is 9.53. The predicted octanol–water partition coefficient (Wildman–Crippen LogP) is 4.98. The van der Waals surface area contributed by atoms with Crippen LogP contribution in [-0.4, -0.2) is 44.6 Å². The number of rotatable bonds is 9. The summed E-state index contributed by atoms with van der Waals surface area (Å²) in [4.78, 5) is 21.5. The van der Waals surface area contributed by atoms with E-state index in [1.165, 1.54) is 7.11 Å². The Hall–Kier alpha value is -3.29. The van der Waals surface area contributed by atoms with Gasteiger partial charge in [0.15, 0.2) is 11.5 Å². The van der Waals surface area contributed by atoms with Gasteiger partial charge in [-0.25, -0.2) is 9.97 Å². The lowest BCUT2D eigenvalue weighted by Gasteiger charge is -2.38. The molecule has 0 aliphatic heterocycles. The van der Waals surface area contributed by atoms with Crippen molar-refractivity contribution in [2.45, 2.75) is 55.0 Å². The maximum Gasteiger partial charge on any atom is 0.311 e. The second-order valence-corrected chi connectivity index (χ2v) is 9.53. The summed E-state index contributed by atoms with van der Waals surface area (Å²) in [7, 11) is 8.88. The Labute approximate surface area is 216 Å². The number of nitrogens with zero attached hydrogens (tertiary/aromatic N) is 2. The Morgan fingerprint density at radius 2 is 1.72 bits per heavy atom. The smallest absolute Gasteiger partial charge is 0.311 e. The van der Waals surface area contributed by atoms with E-state index in [4.69, 9.17) is 22.1 Å². The molecule has 1 N–H and O–H groups in total. The number of benzene rings is 2. The van der Waals surface area contributed by atoms with E-state index in [0.29, 0.717) is 35.1 Å². The SMILES string of the molecule is CC.[B]c1cccc(CNc2nc(C)nc3cc(OCC(C)(C)C(C)(C)C(=O)OC)c(OC)cc23)c1. The highest BCUT2D eigenvalue weighted by Crippen LogP contribution is 2.41. The van der Waals surface area contributed by atoms with E-state index in [2.05, 4.69) is 15.3 Å². The van der Waals surface area contributed by atoms with Gasteiger partial charge in [0, 0.05) is 23.4 Å². The van der Waals surface area contributed by atoms with Gasteiger partial charge in [-0.3, -0.25) is 4.79 Å². The van der Waals surface area contributed by atoms with E-state index < -0.39 is 10.8 Å². The van der Waals surface area contributed by atoms with Gasteiger partial charge in [-0.15, -0.1) is 0 Å². The molecule has 0 unspecified atom stereocenters. The molecule has 36 heavy (non-hydrogen) atoms. The summed E-state index contributed by atoms with van der Waals surface area (Å²) in [6, 6.07) is 11.4. The van der Waals surface area contributed by atoms with Crippen LogP contribution in [0, 0.1) is 17.8 Å². The molecule has 1 aromatic heterocycles.